The van der Waals surface area contributed by atoms with Gasteiger partial charge < -0.3 is 14.4 Å². The van der Waals surface area contributed by atoms with Crippen molar-refractivity contribution in [3.63, 3.8) is 0 Å². The molecule has 0 unspecified atom stereocenters. The van der Waals surface area contributed by atoms with Gasteiger partial charge in [0.25, 0.3) is 0 Å². The lowest BCUT2D eigenvalue weighted by Gasteiger charge is -2.25. The predicted octanol–water partition coefficient (Wildman–Crippen LogP) is 0.0753. The molecular weight excluding hydrogens is 235 g/mol. The molecule has 7 nitrogen and oxygen atoms in total. The number of hydrogen-bond acceptors (Lipinski definition) is 7. The van der Waals surface area contributed by atoms with E-state index in [-0.39, 0.29) is 5.69 Å². The van der Waals surface area contributed by atoms with Crippen LogP contribution in [0.4, 0.5) is 10.1 Å². The first kappa shape index (κ1) is 11.1. The molecule has 1 saturated heterocycles. The van der Waals surface area contributed by atoms with Crippen molar-refractivity contribution in [2.75, 3.05) is 12.3 Å². The highest BCUT2D eigenvalue weighted by Gasteiger charge is 2.30. The van der Waals surface area contributed by atoms with Gasteiger partial charge >= 0.3 is 11.9 Å². The molecule has 1 fully saturated rings. The number of benzene rings is 1. The highest BCUT2D eigenvalue weighted by atomic mass is 19.1. The van der Waals surface area contributed by atoms with E-state index in [9.17, 15) is 14.0 Å². The van der Waals surface area contributed by atoms with Crippen LogP contribution in [0.25, 0.3) is 0 Å². The van der Waals surface area contributed by atoms with Crippen LogP contribution in [0.5, 0.6) is 5.75 Å². The third kappa shape index (κ3) is 2.11. The monoisotopic (exact) mass is 242 g/mol. The normalized spacial score (nSPS) is 15.3. The van der Waals surface area contributed by atoms with Crippen LogP contribution < -0.4 is 15.5 Å². The first-order valence-corrected chi connectivity index (χ1v) is 4.44. The average molecular weight is 242 g/mol. The van der Waals surface area contributed by atoms with E-state index < -0.39 is 17.8 Å². The van der Waals surface area contributed by atoms with E-state index in [2.05, 4.69) is 9.68 Å². The minimum atomic E-state index is -1.25. The first-order chi connectivity index (χ1) is 8.11. The smallest absolute Gasteiger partial charge is 0.444 e. The molecule has 1 N–H and O–H groups in total. The van der Waals surface area contributed by atoms with Crippen LogP contribution in [0.3, 0.4) is 0 Å². The molecular formula is C9H7FN2O5. The fourth-order valence-corrected chi connectivity index (χ4v) is 1.14. The minimum Gasteiger partial charge on any atom is -0.497 e. The molecule has 8 heteroatoms. The zero-order valence-electron chi connectivity index (χ0n) is 8.60. The second-order valence-corrected chi connectivity index (χ2v) is 2.97. The van der Waals surface area contributed by atoms with Crippen LogP contribution in [-0.4, -0.2) is 19.0 Å². The standard InChI is InChI=1S/C9H7FN2O5/c1-15-5-2-3-7(6(10)4-5)12-11-16-8(13)9(14)17-12/h2-4,11H,1H3. The van der Waals surface area contributed by atoms with Crippen molar-refractivity contribution in [1.82, 2.24) is 5.59 Å². The number of methoxy groups -OCH3 is 1. The van der Waals surface area contributed by atoms with Crippen molar-refractivity contribution >= 4 is 17.6 Å². The maximum atomic E-state index is 13.6. The van der Waals surface area contributed by atoms with Crippen molar-refractivity contribution in [3.8, 4) is 5.75 Å². The molecule has 1 aromatic rings. The number of nitrogens with one attached hydrogen (secondary N) is 1. The number of nitrogens with zero attached hydrogens (tertiary/aromatic N) is 1. The molecule has 0 spiro atoms. The summed E-state index contributed by atoms with van der Waals surface area (Å²) in [6.07, 6.45) is 0. The lowest BCUT2D eigenvalue weighted by atomic mass is 10.3. The Morgan fingerprint density at radius 2 is 2.12 bits per heavy atom. The van der Waals surface area contributed by atoms with Crippen molar-refractivity contribution in [2.45, 2.75) is 0 Å². The quantitative estimate of drug-likeness (QED) is 0.735. The van der Waals surface area contributed by atoms with Crippen molar-refractivity contribution in [1.29, 1.82) is 0 Å². The van der Waals surface area contributed by atoms with Crippen LogP contribution in [0.15, 0.2) is 18.2 Å². The second kappa shape index (κ2) is 4.26. The molecule has 90 valence electrons. The summed E-state index contributed by atoms with van der Waals surface area (Å²) in [4.78, 5) is 30.2. The molecule has 2 rings (SSSR count). The van der Waals surface area contributed by atoms with E-state index in [0.717, 1.165) is 6.07 Å². The second-order valence-electron chi connectivity index (χ2n) is 2.97. The Hall–Kier alpha value is -2.35. The van der Waals surface area contributed by atoms with Crippen LogP contribution >= 0.6 is 0 Å². The largest absolute Gasteiger partial charge is 0.497 e. The van der Waals surface area contributed by atoms with Gasteiger partial charge in [0.2, 0.25) is 0 Å². The Kier molecular flexibility index (Phi) is 2.79. The summed E-state index contributed by atoms with van der Waals surface area (Å²) in [5.74, 6) is -2.89. The highest BCUT2D eigenvalue weighted by Crippen LogP contribution is 2.24. The van der Waals surface area contributed by atoms with Gasteiger partial charge in [0, 0.05) is 6.07 Å². The number of anilines is 1. The van der Waals surface area contributed by atoms with E-state index in [1.807, 2.05) is 5.59 Å². The third-order valence-corrected chi connectivity index (χ3v) is 1.94. The number of hydrogen-bond donors (Lipinski definition) is 1. The van der Waals surface area contributed by atoms with Gasteiger partial charge in [0.05, 0.1) is 7.11 Å². The SMILES string of the molecule is COc1ccc(N2NOC(=O)C(=O)O2)c(F)c1. The maximum absolute atomic E-state index is 13.6. The summed E-state index contributed by atoms with van der Waals surface area (Å²) < 4.78 is 18.4. The molecule has 17 heavy (non-hydrogen) atoms. The molecule has 0 amide bonds. The fourth-order valence-electron chi connectivity index (χ4n) is 1.14. The molecule has 0 atom stereocenters. The zero-order valence-corrected chi connectivity index (χ0v) is 8.60. The van der Waals surface area contributed by atoms with E-state index in [4.69, 9.17) is 4.74 Å². The Balaban J connectivity index is 2.23. The molecule has 1 aliphatic heterocycles. The number of rotatable bonds is 2. The van der Waals surface area contributed by atoms with Crippen LogP contribution in [0.2, 0.25) is 0 Å². The summed E-state index contributed by atoms with van der Waals surface area (Å²) in [5, 5.41) is 0.596. The van der Waals surface area contributed by atoms with E-state index in [1.54, 1.807) is 0 Å². The first-order valence-electron chi connectivity index (χ1n) is 4.44. The van der Waals surface area contributed by atoms with Crippen LogP contribution in [0, 0.1) is 5.82 Å². The zero-order chi connectivity index (χ0) is 12.4. The summed E-state index contributed by atoms with van der Waals surface area (Å²) in [7, 11) is 1.38. The molecule has 0 saturated carbocycles. The molecule has 1 aliphatic rings. The van der Waals surface area contributed by atoms with Crippen molar-refractivity contribution in [3.05, 3.63) is 24.0 Å². The van der Waals surface area contributed by atoms with Gasteiger partial charge in [-0.15, -0.1) is 0 Å². The Morgan fingerprint density at radius 1 is 1.35 bits per heavy atom. The van der Waals surface area contributed by atoms with Crippen molar-refractivity contribution in [2.24, 2.45) is 0 Å². The topological polar surface area (TPSA) is 77.1 Å². The summed E-state index contributed by atoms with van der Waals surface area (Å²) in [5.41, 5.74) is 1.82. The molecule has 0 aromatic heterocycles. The highest BCUT2D eigenvalue weighted by molar-refractivity contribution is 6.30. The number of carbonyl (C=O) groups excluding carboxylic acids is 2. The minimum absolute atomic E-state index is 0.133. The molecule has 1 heterocycles. The van der Waals surface area contributed by atoms with Gasteiger partial charge in [-0.3, -0.25) is 0 Å². The summed E-state index contributed by atoms with van der Waals surface area (Å²) >= 11 is 0. The average Bonchev–Trinajstić information content (AvgIpc) is 2.32. The lowest BCUT2D eigenvalue weighted by Crippen LogP contribution is -2.49. The van der Waals surface area contributed by atoms with Crippen LogP contribution in [0.1, 0.15) is 0 Å². The third-order valence-electron chi connectivity index (χ3n) is 1.94. The molecule has 0 bridgehead atoms. The number of halogens is 1. The van der Waals surface area contributed by atoms with E-state index in [1.165, 1.54) is 19.2 Å². The summed E-state index contributed by atoms with van der Waals surface area (Å²) in [6.45, 7) is 0. The molecule has 0 radical (unpaired) electrons. The number of carbonyl (C=O) groups is 2. The molecule has 1 aromatic carbocycles. The fraction of sp³-hybridized carbons (Fsp3) is 0.111. The Morgan fingerprint density at radius 3 is 2.71 bits per heavy atom. The lowest BCUT2D eigenvalue weighted by molar-refractivity contribution is -0.192. The molecule has 0 aliphatic carbocycles. The van der Waals surface area contributed by atoms with Gasteiger partial charge in [-0.05, 0) is 17.7 Å². The number of hydrazine groups is 1. The summed E-state index contributed by atoms with van der Waals surface area (Å²) in [6, 6.07) is 3.82. The van der Waals surface area contributed by atoms with Gasteiger partial charge in [0.15, 0.2) is 5.82 Å². The number of ether oxygens (including phenoxy) is 1. The van der Waals surface area contributed by atoms with Gasteiger partial charge in [0.1, 0.15) is 11.4 Å². The van der Waals surface area contributed by atoms with Crippen LogP contribution in [-0.2, 0) is 19.3 Å². The maximum Gasteiger partial charge on any atom is 0.444 e. The van der Waals surface area contributed by atoms with E-state index >= 15 is 0 Å². The van der Waals surface area contributed by atoms with Crippen molar-refractivity contribution < 1.29 is 28.4 Å². The van der Waals surface area contributed by atoms with Gasteiger partial charge in [-0.25, -0.2) is 14.0 Å². The van der Waals surface area contributed by atoms with Gasteiger partial charge in [-0.1, -0.05) is 5.17 Å². The van der Waals surface area contributed by atoms with Gasteiger partial charge in [-0.2, -0.15) is 0 Å². The Labute approximate surface area is 94.5 Å². The predicted molar refractivity (Wildman–Crippen MR) is 50.8 cm³/mol. The van der Waals surface area contributed by atoms with E-state index in [0.29, 0.717) is 10.9 Å². The Bertz CT molecular complexity index is 478.